The molecule has 1 aliphatic heterocycles. The normalized spacial score (nSPS) is 18.5. The number of nitrogens with one attached hydrogen (secondary N) is 1. The molecule has 1 saturated heterocycles. The summed E-state index contributed by atoms with van der Waals surface area (Å²) in [5.41, 5.74) is 0.892. The van der Waals surface area contributed by atoms with Crippen molar-refractivity contribution < 1.29 is 4.52 Å². The molecule has 1 aliphatic rings. The van der Waals surface area contributed by atoms with Crippen molar-refractivity contribution in [3.8, 4) is 11.5 Å². The van der Waals surface area contributed by atoms with Crippen LogP contribution in [0.5, 0.6) is 0 Å². The maximum atomic E-state index is 5.89. The van der Waals surface area contributed by atoms with Crippen molar-refractivity contribution >= 4 is 11.6 Å². The van der Waals surface area contributed by atoms with Gasteiger partial charge in [0.15, 0.2) is 5.82 Å². The van der Waals surface area contributed by atoms with Crippen molar-refractivity contribution in [3.63, 3.8) is 0 Å². The molecule has 2 heterocycles. The highest BCUT2D eigenvalue weighted by Crippen LogP contribution is 2.20. The smallest absolute Gasteiger partial charge is 0.257 e. The van der Waals surface area contributed by atoms with Crippen molar-refractivity contribution in [3.05, 3.63) is 35.1 Å². The quantitative estimate of drug-likeness (QED) is 0.920. The molecule has 21 heavy (non-hydrogen) atoms. The SMILES string of the molecule is CCN(Cc1noc(-c2ccc(Cl)cc2)n1)C1CCNC1. The molecule has 2 aromatic rings. The van der Waals surface area contributed by atoms with Gasteiger partial charge in [0, 0.05) is 23.2 Å². The van der Waals surface area contributed by atoms with Crippen LogP contribution in [0.1, 0.15) is 19.2 Å². The zero-order valence-electron chi connectivity index (χ0n) is 12.1. The first-order valence-corrected chi connectivity index (χ1v) is 7.67. The fourth-order valence-corrected chi connectivity index (χ4v) is 2.79. The average Bonchev–Trinajstić information content (AvgIpc) is 3.17. The number of aromatic nitrogens is 2. The third-order valence-electron chi connectivity index (χ3n) is 3.86. The van der Waals surface area contributed by atoms with E-state index in [9.17, 15) is 0 Å². The molecule has 1 atom stereocenters. The van der Waals surface area contributed by atoms with Crippen LogP contribution in [0.2, 0.25) is 5.02 Å². The molecule has 6 heteroatoms. The number of rotatable bonds is 5. The highest BCUT2D eigenvalue weighted by molar-refractivity contribution is 6.30. The van der Waals surface area contributed by atoms with Gasteiger partial charge in [0.2, 0.25) is 0 Å². The molecule has 1 N–H and O–H groups in total. The van der Waals surface area contributed by atoms with E-state index in [-0.39, 0.29) is 0 Å². The minimum atomic E-state index is 0.544. The molecule has 5 nitrogen and oxygen atoms in total. The second-order valence-electron chi connectivity index (χ2n) is 5.23. The van der Waals surface area contributed by atoms with Crippen LogP contribution in [-0.2, 0) is 6.54 Å². The van der Waals surface area contributed by atoms with Gasteiger partial charge in [-0.2, -0.15) is 4.98 Å². The molecule has 1 fully saturated rings. The standard InChI is InChI=1S/C15H19ClN4O/c1-2-20(13-7-8-17-9-13)10-14-18-15(21-19-14)11-3-5-12(16)6-4-11/h3-6,13,17H,2,7-10H2,1H3. The van der Waals surface area contributed by atoms with E-state index in [0.717, 1.165) is 37.6 Å². The number of likely N-dealkylation sites (N-methyl/N-ethyl adjacent to an activating group) is 1. The third-order valence-corrected chi connectivity index (χ3v) is 4.11. The zero-order valence-corrected chi connectivity index (χ0v) is 12.8. The lowest BCUT2D eigenvalue weighted by Crippen LogP contribution is -2.36. The van der Waals surface area contributed by atoms with Crippen molar-refractivity contribution in [2.24, 2.45) is 0 Å². The van der Waals surface area contributed by atoms with Gasteiger partial charge >= 0.3 is 0 Å². The summed E-state index contributed by atoms with van der Waals surface area (Å²) in [7, 11) is 0. The molecule has 112 valence electrons. The lowest BCUT2D eigenvalue weighted by atomic mass is 10.2. The molecule has 1 aromatic carbocycles. The van der Waals surface area contributed by atoms with Gasteiger partial charge in [-0.05, 0) is 43.8 Å². The predicted octanol–water partition coefficient (Wildman–Crippen LogP) is 2.57. The fourth-order valence-electron chi connectivity index (χ4n) is 2.66. The van der Waals surface area contributed by atoms with E-state index in [1.165, 1.54) is 6.42 Å². The van der Waals surface area contributed by atoms with E-state index >= 15 is 0 Å². The Bertz CT molecular complexity index is 578. The van der Waals surface area contributed by atoms with E-state index < -0.39 is 0 Å². The minimum Gasteiger partial charge on any atom is -0.334 e. The van der Waals surface area contributed by atoms with Crippen molar-refractivity contribution in [2.75, 3.05) is 19.6 Å². The van der Waals surface area contributed by atoms with E-state index in [1.807, 2.05) is 24.3 Å². The predicted molar refractivity (Wildman–Crippen MR) is 82.1 cm³/mol. The summed E-state index contributed by atoms with van der Waals surface area (Å²) in [4.78, 5) is 6.87. The first kappa shape index (κ1) is 14.5. The maximum absolute atomic E-state index is 5.89. The van der Waals surface area contributed by atoms with Crippen molar-refractivity contribution in [2.45, 2.75) is 25.9 Å². The monoisotopic (exact) mass is 306 g/mol. The Labute approximate surface area is 129 Å². The Balaban J connectivity index is 1.70. The van der Waals surface area contributed by atoms with Gasteiger partial charge in [-0.1, -0.05) is 23.7 Å². The fraction of sp³-hybridized carbons (Fsp3) is 0.467. The van der Waals surface area contributed by atoms with E-state index in [4.69, 9.17) is 16.1 Å². The van der Waals surface area contributed by atoms with Crippen LogP contribution in [-0.4, -0.2) is 40.7 Å². The largest absolute Gasteiger partial charge is 0.334 e. The third kappa shape index (κ3) is 3.43. The molecule has 0 radical (unpaired) electrons. The average molecular weight is 307 g/mol. The van der Waals surface area contributed by atoms with Crippen LogP contribution < -0.4 is 5.32 Å². The van der Waals surface area contributed by atoms with Gasteiger partial charge in [0.25, 0.3) is 5.89 Å². The summed E-state index contributed by atoms with van der Waals surface area (Å²) in [6, 6.07) is 7.98. The van der Waals surface area contributed by atoms with E-state index in [1.54, 1.807) is 0 Å². The Morgan fingerprint density at radius 1 is 1.38 bits per heavy atom. The lowest BCUT2D eigenvalue weighted by Gasteiger charge is -2.25. The van der Waals surface area contributed by atoms with Crippen LogP contribution in [0.3, 0.4) is 0 Å². The van der Waals surface area contributed by atoms with Crippen LogP contribution >= 0.6 is 11.6 Å². The molecule has 3 rings (SSSR count). The highest BCUT2D eigenvalue weighted by atomic mass is 35.5. The second kappa shape index (κ2) is 6.56. The molecule has 0 amide bonds. The Morgan fingerprint density at radius 2 is 2.19 bits per heavy atom. The first-order chi connectivity index (χ1) is 10.3. The summed E-state index contributed by atoms with van der Waals surface area (Å²) in [6.07, 6.45) is 1.18. The van der Waals surface area contributed by atoms with Gasteiger partial charge in [0.05, 0.1) is 6.54 Å². The van der Waals surface area contributed by atoms with Gasteiger partial charge < -0.3 is 9.84 Å². The molecule has 1 unspecified atom stereocenters. The Hall–Kier alpha value is -1.43. The number of benzene rings is 1. The van der Waals surface area contributed by atoms with Gasteiger partial charge in [-0.3, -0.25) is 4.90 Å². The van der Waals surface area contributed by atoms with Crippen LogP contribution in [0, 0.1) is 0 Å². The molecular weight excluding hydrogens is 288 g/mol. The minimum absolute atomic E-state index is 0.544. The number of halogens is 1. The molecule has 0 spiro atoms. The summed E-state index contributed by atoms with van der Waals surface area (Å²) in [5.74, 6) is 1.27. The molecule has 0 bridgehead atoms. The van der Waals surface area contributed by atoms with Crippen LogP contribution in [0.4, 0.5) is 0 Å². The van der Waals surface area contributed by atoms with Crippen LogP contribution in [0.25, 0.3) is 11.5 Å². The first-order valence-electron chi connectivity index (χ1n) is 7.29. The lowest BCUT2D eigenvalue weighted by molar-refractivity contribution is 0.202. The summed E-state index contributed by atoms with van der Waals surface area (Å²) >= 11 is 5.89. The number of nitrogens with zero attached hydrogens (tertiary/aromatic N) is 3. The summed E-state index contributed by atoms with van der Waals surface area (Å²) < 4.78 is 5.35. The van der Waals surface area contributed by atoms with Gasteiger partial charge in [0.1, 0.15) is 0 Å². The van der Waals surface area contributed by atoms with Gasteiger partial charge in [-0.15, -0.1) is 0 Å². The van der Waals surface area contributed by atoms with Gasteiger partial charge in [-0.25, -0.2) is 0 Å². The number of hydrogen-bond donors (Lipinski definition) is 1. The van der Waals surface area contributed by atoms with Crippen LogP contribution in [0.15, 0.2) is 28.8 Å². The topological polar surface area (TPSA) is 54.2 Å². The van der Waals surface area contributed by atoms with Crippen molar-refractivity contribution in [1.82, 2.24) is 20.4 Å². The molecular formula is C15H19ClN4O. The molecule has 0 saturated carbocycles. The molecule has 1 aromatic heterocycles. The number of hydrogen-bond acceptors (Lipinski definition) is 5. The van der Waals surface area contributed by atoms with E-state index in [2.05, 4.69) is 27.3 Å². The second-order valence-corrected chi connectivity index (χ2v) is 5.67. The highest BCUT2D eigenvalue weighted by Gasteiger charge is 2.22. The summed E-state index contributed by atoms with van der Waals surface area (Å²) in [6.45, 7) is 5.99. The Kier molecular flexibility index (Phi) is 4.53. The molecule has 0 aliphatic carbocycles. The Morgan fingerprint density at radius 3 is 2.86 bits per heavy atom. The van der Waals surface area contributed by atoms with E-state index in [0.29, 0.717) is 17.0 Å². The summed E-state index contributed by atoms with van der Waals surface area (Å²) in [5, 5.41) is 8.18. The zero-order chi connectivity index (χ0) is 14.7. The maximum Gasteiger partial charge on any atom is 0.257 e. The van der Waals surface area contributed by atoms with Crippen molar-refractivity contribution in [1.29, 1.82) is 0 Å².